The molecule has 0 aliphatic rings. The highest BCUT2D eigenvalue weighted by Gasteiger charge is 2.27. The van der Waals surface area contributed by atoms with Crippen molar-refractivity contribution in [2.24, 2.45) is 0 Å². The van der Waals surface area contributed by atoms with Crippen LogP contribution < -0.4 is 5.32 Å². The van der Waals surface area contributed by atoms with E-state index in [4.69, 9.17) is 5.11 Å². The van der Waals surface area contributed by atoms with E-state index in [1.54, 1.807) is 6.07 Å². The highest BCUT2D eigenvalue weighted by molar-refractivity contribution is 8.00. The van der Waals surface area contributed by atoms with Crippen LogP contribution in [0, 0.1) is 11.8 Å². The molecular formula is C11H10F3NO2S2. The molecule has 0 atom stereocenters. The number of carbonyl (C=O) groups is 1. The molecular weight excluding hydrogens is 299 g/mol. The monoisotopic (exact) mass is 309 g/mol. The quantitative estimate of drug-likeness (QED) is 0.661. The van der Waals surface area contributed by atoms with E-state index >= 15 is 0 Å². The summed E-state index contributed by atoms with van der Waals surface area (Å²) < 4.78 is 35.5. The van der Waals surface area contributed by atoms with Crippen LogP contribution in [0.4, 0.5) is 13.2 Å². The van der Waals surface area contributed by atoms with Gasteiger partial charge in [0, 0.05) is 12.3 Å². The molecule has 0 aliphatic heterocycles. The number of hydrogen-bond donors (Lipinski definition) is 2. The minimum Gasteiger partial charge on any atom is -0.384 e. The van der Waals surface area contributed by atoms with Gasteiger partial charge in [-0.2, -0.15) is 13.2 Å². The molecule has 1 amide bonds. The molecule has 8 heteroatoms. The second kappa shape index (κ2) is 7.43. The summed E-state index contributed by atoms with van der Waals surface area (Å²) in [6, 6.07) is 3.16. The van der Waals surface area contributed by atoms with Crippen LogP contribution in [0.2, 0.25) is 0 Å². The Morgan fingerprint density at radius 2 is 2.21 bits per heavy atom. The first-order valence-electron chi connectivity index (χ1n) is 5.11. The lowest BCUT2D eigenvalue weighted by Crippen LogP contribution is -2.25. The first kappa shape index (κ1) is 15.9. The maximum Gasteiger partial charge on any atom is 0.441 e. The maximum atomic E-state index is 11.8. The second-order valence-corrected chi connectivity index (χ2v) is 5.42. The first-order chi connectivity index (χ1) is 8.92. The Morgan fingerprint density at radius 1 is 1.47 bits per heavy atom. The van der Waals surface area contributed by atoms with E-state index in [2.05, 4.69) is 17.2 Å². The summed E-state index contributed by atoms with van der Waals surface area (Å²) in [7, 11) is 0. The average Bonchev–Trinajstić information content (AvgIpc) is 2.79. The van der Waals surface area contributed by atoms with Crippen LogP contribution in [0.3, 0.4) is 0 Å². The van der Waals surface area contributed by atoms with Crippen molar-refractivity contribution in [1.29, 1.82) is 0 Å². The molecule has 104 valence electrons. The summed E-state index contributed by atoms with van der Waals surface area (Å²) in [5.74, 6) is 4.43. The molecule has 0 aliphatic carbocycles. The molecule has 0 fully saturated rings. The van der Waals surface area contributed by atoms with Gasteiger partial charge >= 0.3 is 5.51 Å². The van der Waals surface area contributed by atoms with Crippen LogP contribution in [0.1, 0.15) is 14.5 Å². The minimum absolute atomic E-state index is 0.0570. The van der Waals surface area contributed by atoms with Crippen molar-refractivity contribution < 1.29 is 23.1 Å². The van der Waals surface area contributed by atoms with Gasteiger partial charge in [-0.25, -0.2) is 0 Å². The van der Waals surface area contributed by atoms with Crippen molar-refractivity contribution in [2.75, 3.05) is 18.9 Å². The molecule has 0 saturated heterocycles. The number of alkyl halides is 3. The molecule has 0 unspecified atom stereocenters. The van der Waals surface area contributed by atoms with Crippen molar-refractivity contribution in [3.63, 3.8) is 0 Å². The van der Waals surface area contributed by atoms with E-state index < -0.39 is 11.4 Å². The SMILES string of the molecule is O=C(NCCSC(F)(F)F)c1ccc(C#CCO)s1. The Kier molecular flexibility index (Phi) is 6.21. The number of halogens is 3. The Morgan fingerprint density at radius 3 is 2.84 bits per heavy atom. The minimum atomic E-state index is -4.28. The van der Waals surface area contributed by atoms with Gasteiger partial charge in [-0.15, -0.1) is 11.3 Å². The Labute approximate surface area is 116 Å². The highest BCUT2D eigenvalue weighted by Crippen LogP contribution is 2.29. The van der Waals surface area contributed by atoms with Gasteiger partial charge in [-0.3, -0.25) is 4.79 Å². The maximum absolute atomic E-state index is 11.8. The number of nitrogens with one attached hydrogen (secondary N) is 1. The molecule has 3 nitrogen and oxygen atoms in total. The number of amides is 1. The molecule has 1 heterocycles. The van der Waals surface area contributed by atoms with Gasteiger partial charge in [0.25, 0.3) is 5.91 Å². The lowest BCUT2D eigenvalue weighted by atomic mass is 10.4. The number of hydrogen-bond acceptors (Lipinski definition) is 4. The van der Waals surface area contributed by atoms with E-state index in [-0.39, 0.29) is 30.7 Å². The fourth-order valence-electron chi connectivity index (χ4n) is 1.07. The van der Waals surface area contributed by atoms with E-state index in [9.17, 15) is 18.0 Å². The van der Waals surface area contributed by atoms with Gasteiger partial charge in [-0.05, 0) is 23.9 Å². The molecule has 1 aromatic heterocycles. The van der Waals surface area contributed by atoms with Gasteiger partial charge < -0.3 is 10.4 Å². The van der Waals surface area contributed by atoms with Crippen molar-refractivity contribution >= 4 is 29.0 Å². The zero-order valence-electron chi connectivity index (χ0n) is 9.58. The number of thioether (sulfide) groups is 1. The van der Waals surface area contributed by atoms with E-state index in [1.165, 1.54) is 6.07 Å². The van der Waals surface area contributed by atoms with Crippen LogP contribution in [0.25, 0.3) is 0 Å². The number of carbonyl (C=O) groups excluding carboxylic acids is 1. The van der Waals surface area contributed by atoms with Crippen molar-refractivity contribution in [3.8, 4) is 11.8 Å². The Bertz CT molecular complexity index is 488. The normalized spacial score (nSPS) is 10.7. The standard InChI is InChI=1S/C11H10F3NO2S2/c12-11(13,14)18-7-5-15-10(17)9-4-3-8(19-9)2-1-6-16/h3-4,16H,5-7H2,(H,15,17). The average molecular weight is 309 g/mol. The van der Waals surface area contributed by atoms with Gasteiger partial charge in [0.2, 0.25) is 0 Å². The fraction of sp³-hybridized carbons (Fsp3) is 0.364. The molecule has 0 radical (unpaired) electrons. The van der Waals surface area contributed by atoms with Crippen LogP contribution in [-0.2, 0) is 0 Å². The first-order valence-corrected chi connectivity index (χ1v) is 6.91. The molecule has 2 N–H and O–H groups in total. The van der Waals surface area contributed by atoms with Crippen LogP contribution in [-0.4, -0.2) is 35.4 Å². The molecule has 0 bridgehead atoms. The largest absolute Gasteiger partial charge is 0.441 e. The topological polar surface area (TPSA) is 49.3 Å². The summed E-state index contributed by atoms with van der Waals surface area (Å²) in [6.45, 7) is -0.327. The van der Waals surface area contributed by atoms with Crippen molar-refractivity contribution in [1.82, 2.24) is 5.32 Å². The molecule has 0 aromatic carbocycles. The lowest BCUT2D eigenvalue weighted by Gasteiger charge is -2.05. The van der Waals surface area contributed by atoms with Crippen LogP contribution >= 0.6 is 23.1 Å². The van der Waals surface area contributed by atoms with Gasteiger partial charge in [-0.1, -0.05) is 11.8 Å². The van der Waals surface area contributed by atoms with Crippen LogP contribution in [0.15, 0.2) is 12.1 Å². The summed E-state index contributed by atoms with van der Waals surface area (Å²) in [6.07, 6.45) is 0. The third-order valence-electron chi connectivity index (χ3n) is 1.77. The van der Waals surface area contributed by atoms with Gasteiger partial charge in [0.1, 0.15) is 6.61 Å². The molecule has 0 saturated carbocycles. The summed E-state index contributed by atoms with van der Waals surface area (Å²) in [4.78, 5) is 12.6. The third kappa shape index (κ3) is 6.52. The van der Waals surface area contributed by atoms with Crippen molar-refractivity contribution in [3.05, 3.63) is 21.9 Å². The molecule has 1 rings (SSSR count). The second-order valence-electron chi connectivity index (χ2n) is 3.17. The molecule has 19 heavy (non-hydrogen) atoms. The predicted octanol–water partition coefficient (Wildman–Crippen LogP) is 2.07. The summed E-state index contributed by atoms with van der Waals surface area (Å²) >= 11 is 0.944. The van der Waals surface area contributed by atoms with Crippen molar-refractivity contribution in [2.45, 2.75) is 5.51 Å². The summed E-state index contributed by atoms with van der Waals surface area (Å²) in [5, 5.41) is 10.9. The van der Waals surface area contributed by atoms with E-state index in [0.717, 1.165) is 11.3 Å². The third-order valence-corrected chi connectivity index (χ3v) is 3.51. The zero-order chi connectivity index (χ0) is 14.3. The predicted molar refractivity (Wildman–Crippen MR) is 69.1 cm³/mol. The van der Waals surface area contributed by atoms with Gasteiger partial charge in [0.15, 0.2) is 0 Å². The van der Waals surface area contributed by atoms with Gasteiger partial charge in [0.05, 0.1) is 9.75 Å². The summed E-state index contributed by atoms with van der Waals surface area (Å²) in [5.41, 5.74) is -4.28. The fourth-order valence-corrected chi connectivity index (χ4v) is 2.30. The number of rotatable bonds is 4. The Hall–Kier alpha value is -1.17. The lowest BCUT2D eigenvalue weighted by molar-refractivity contribution is -0.0327. The van der Waals surface area contributed by atoms with Crippen LogP contribution in [0.5, 0.6) is 0 Å². The zero-order valence-corrected chi connectivity index (χ0v) is 11.2. The number of aliphatic hydroxyl groups is 1. The van der Waals surface area contributed by atoms with E-state index in [1.807, 2.05) is 0 Å². The number of aliphatic hydroxyl groups excluding tert-OH is 1. The molecule has 1 aromatic rings. The highest BCUT2D eigenvalue weighted by atomic mass is 32.2. The Balaban J connectivity index is 2.39. The smallest absolute Gasteiger partial charge is 0.384 e. The molecule has 0 spiro atoms. The number of thiophene rings is 1. The van der Waals surface area contributed by atoms with E-state index in [0.29, 0.717) is 9.75 Å².